The second kappa shape index (κ2) is 3.95. The summed E-state index contributed by atoms with van der Waals surface area (Å²) in [5.74, 6) is 0. The molecule has 0 aliphatic heterocycles. The monoisotopic (exact) mass is 222 g/mol. The van der Waals surface area contributed by atoms with E-state index in [2.05, 4.69) is 5.32 Å². The molecule has 0 saturated carbocycles. The summed E-state index contributed by atoms with van der Waals surface area (Å²) in [6.07, 6.45) is 0.697. The lowest BCUT2D eigenvalue weighted by atomic mass is 10.1. The van der Waals surface area contributed by atoms with Gasteiger partial charge in [-0.15, -0.1) is 0 Å². The van der Waals surface area contributed by atoms with Gasteiger partial charge in [0.1, 0.15) is 5.15 Å². The first kappa shape index (κ1) is 10.1. The van der Waals surface area contributed by atoms with Crippen molar-refractivity contribution in [3.05, 3.63) is 35.0 Å². The highest BCUT2D eigenvalue weighted by Crippen LogP contribution is 2.23. The fourth-order valence-corrected chi connectivity index (χ4v) is 1.82. The van der Waals surface area contributed by atoms with Crippen molar-refractivity contribution in [1.82, 2.24) is 9.88 Å². The summed E-state index contributed by atoms with van der Waals surface area (Å²) < 4.78 is 1.92. The number of aromatic nitrogens is 1. The minimum Gasteiger partial charge on any atom is -0.355 e. The van der Waals surface area contributed by atoms with Gasteiger partial charge in [0.05, 0.1) is 0 Å². The van der Waals surface area contributed by atoms with E-state index in [9.17, 15) is 4.79 Å². The molecule has 0 aliphatic carbocycles. The zero-order valence-corrected chi connectivity index (χ0v) is 9.08. The molecule has 0 saturated heterocycles. The topological polar surface area (TPSA) is 34.0 Å². The summed E-state index contributed by atoms with van der Waals surface area (Å²) in [5, 5.41) is 4.45. The van der Waals surface area contributed by atoms with Crippen LogP contribution in [0.4, 0.5) is 0 Å². The number of halogens is 1. The smallest absolute Gasteiger partial charge is 0.207 e. The average molecular weight is 223 g/mol. The van der Waals surface area contributed by atoms with Crippen LogP contribution in [-0.4, -0.2) is 11.0 Å². The Morgan fingerprint density at radius 1 is 1.47 bits per heavy atom. The molecule has 0 spiro atoms. The van der Waals surface area contributed by atoms with Crippen LogP contribution in [0.1, 0.15) is 5.56 Å². The van der Waals surface area contributed by atoms with Gasteiger partial charge in [0.25, 0.3) is 0 Å². The number of carbonyl (C=O) groups excluding carboxylic acids is 1. The Balaban J connectivity index is 2.45. The van der Waals surface area contributed by atoms with Crippen LogP contribution in [-0.2, 0) is 18.4 Å². The molecule has 15 heavy (non-hydrogen) atoms. The SMILES string of the molecule is Cn1c(Cl)cc2ccc(CNC=O)cc21. The van der Waals surface area contributed by atoms with Gasteiger partial charge in [0.2, 0.25) is 6.41 Å². The number of hydrogen-bond acceptors (Lipinski definition) is 1. The lowest BCUT2D eigenvalue weighted by Gasteiger charge is -2.02. The molecule has 0 radical (unpaired) electrons. The van der Waals surface area contributed by atoms with Crippen LogP contribution in [0.2, 0.25) is 5.15 Å². The van der Waals surface area contributed by atoms with Gasteiger partial charge < -0.3 is 9.88 Å². The van der Waals surface area contributed by atoms with Crippen LogP contribution in [0, 0.1) is 0 Å². The highest BCUT2D eigenvalue weighted by atomic mass is 35.5. The molecule has 1 amide bonds. The molecule has 1 aromatic carbocycles. The quantitative estimate of drug-likeness (QED) is 0.793. The molecule has 0 bridgehead atoms. The van der Waals surface area contributed by atoms with Crippen LogP contribution >= 0.6 is 11.6 Å². The number of nitrogens with one attached hydrogen (secondary N) is 1. The average Bonchev–Trinajstić information content (AvgIpc) is 2.52. The number of nitrogens with zero attached hydrogens (tertiary/aromatic N) is 1. The zero-order valence-electron chi connectivity index (χ0n) is 8.33. The third-order valence-electron chi connectivity index (χ3n) is 2.44. The molecule has 2 aromatic rings. The standard InChI is InChI=1S/C11H11ClN2O/c1-14-10-4-8(6-13-7-15)2-3-9(10)5-11(14)12/h2-5,7H,6H2,1H3,(H,13,15). The van der Waals surface area contributed by atoms with E-state index in [1.54, 1.807) is 0 Å². The Morgan fingerprint density at radius 3 is 3.00 bits per heavy atom. The van der Waals surface area contributed by atoms with E-state index in [0.717, 1.165) is 16.5 Å². The first-order chi connectivity index (χ1) is 7.22. The van der Waals surface area contributed by atoms with Crippen LogP contribution in [0.25, 0.3) is 10.9 Å². The summed E-state index contributed by atoms with van der Waals surface area (Å²) >= 11 is 6.00. The van der Waals surface area contributed by atoms with Crippen molar-refractivity contribution in [3.8, 4) is 0 Å². The van der Waals surface area contributed by atoms with E-state index < -0.39 is 0 Å². The number of aryl methyl sites for hydroxylation is 1. The first-order valence-corrected chi connectivity index (χ1v) is 5.01. The number of rotatable bonds is 3. The fourth-order valence-electron chi connectivity index (χ4n) is 1.61. The number of carbonyl (C=O) groups is 1. The van der Waals surface area contributed by atoms with Crippen molar-refractivity contribution in [1.29, 1.82) is 0 Å². The third-order valence-corrected chi connectivity index (χ3v) is 2.80. The van der Waals surface area contributed by atoms with Gasteiger partial charge in [-0.3, -0.25) is 4.79 Å². The highest BCUT2D eigenvalue weighted by molar-refractivity contribution is 6.30. The van der Waals surface area contributed by atoms with E-state index in [-0.39, 0.29) is 0 Å². The molecular formula is C11H11ClN2O. The predicted molar refractivity (Wildman–Crippen MR) is 60.8 cm³/mol. The van der Waals surface area contributed by atoms with Gasteiger partial charge >= 0.3 is 0 Å². The zero-order chi connectivity index (χ0) is 10.8. The van der Waals surface area contributed by atoms with Crippen molar-refractivity contribution in [2.45, 2.75) is 6.54 Å². The number of fused-ring (bicyclic) bond motifs is 1. The van der Waals surface area contributed by atoms with Gasteiger partial charge in [-0.25, -0.2) is 0 Å². The van der Waals surface area contributed by atoms with Crippen LogP contribution in [0.5, 0.6) is 0 Å². The fraction of sp³-hybridized carbons (Fsp3) is 0.182. The van der Waals surface area contributed by atoms with Gasteiger partial charge in [0, 0.05) is 24.5 Å². The molecule has 3 nitrogen and oxygen atoms in total. The second-order valence-corrected chi connectivity index (χ2v) is 3.81. The molecule has 0 aliphatic rings. The Bertz CT molecular complexity index is 505. The molecule has 78 valence electrons. The van der Waals surface area contributed by atoms with Gasteiger partial charge in [-0.2, -0.15) is 0 Å². The predicted octanol–water partition coefficient (Wildman–Crippen LogP) is 2.08. The summed E-state index contributed by atoms with van der Waals surface area (Å²) in [6, 6.07) is 7.93. The molecule has 4 heteroatoms. The largest absolute Gasteiger partial charge is 0.355 e. The summed E-state index contributed by atoms with van der Waals surface area (Å²) in [7, 11) is 1.92. The van der Waals surface area contributed by atoms with Crippen molar-refractivity contribution in [3.63, 3.8) is 0 Å². The minimum atomic E-state index is 0.544. The van der Waals surface area contributed by atoms with Crippen molar-refractivity contribution < 1.29 is 4.79 Å². The minimum absolute atomic E-state index is 0.544. The lowest BCUT2D eigenvalue weighted by Crippen LogP contribution is -2.09. The molecule has 1 aromatic heterocycles. The van der Waals surface area contributed by atoms with E-state index in [1.807, 2.05) is 35.9 Å². The molecule has 0 atom stereocenters. The molecule has 1 N–H and O–H groups in total. The normalized spacial score (nSPS) is 10.5. The molecule has 0 fully saturated rings. The Morgan fingerprint density at radius 2 is 2.27 bits per heavy atom. The maximum atomic E-state index is 10.2. The molecule has 2 rings (SSSR count). The van der Waals surface area contributed by atoms with Crippen molar-refractivity contribution in [2.75, 3.05) is 0 Å². The second-order valence-electron chi connectivity index (χ2n) is 3.42. The number of benzene rings is 1. The van der Waals surface area contributed by atoms with Gasteiger partial charge in [-0.1, -0.05) is 23.7 Å². The van der Waals surface area contributed by atoms with Crippen molar-refractivity contribution in [2.24, 2.45) is 7.05 Å². The molecular weight excluding hydrogens is 212 g/mol. The van der Waals surface area contributed by atoms with Crippen LogP contribution < -0.4 is 5.32 Å². The third kappa shape index (κ3) is 1.83. The van der Waals surface area contributed by atoms with Gasteiger partial charge in [-0.05, 0) is 17.7 Å². The van der Waals surface area contributed by atoms with Crippen LogP contribution in [0.15, 0.2) is 24.3 Å². The molecule has 1 heterocycles. The number of amides is 1. The van der Waals surface area contributed by atoms with Crippen molar-refractivity contribution >= 4 is 28.9 Å². The number of hydrogen-bond donors (Lipinski definition) is 1. The van der Waals surface area contributed by atoms with E-state index in [0.29, 0.717) is 18.1 Å². The Kier molecular flexibility index (Phi) is 2.64. The van der Waals surface area contributed by atoms with Gasteiger partial charge in [0.15, 0.2) is 0 Å². The van der Waals surface area contributed by atoms with E-state index >= 15 is 0 Å². The highest BCUT2D eigenvalue weighted by Gasteiger charge is 2.03. The Hall–Kier alpha value is -1.48. The van der Waals surface area contributed by atoms with E-state index in [4.69, 9.17) is 11.6 Å². The molecule has 0 unspecified atom stereocenters. The first-order valence-electron chi connectivity index (χ1n) is 4.63. The summed E-state index contributed by atoms with van der Waals surface area (Å²) in [6.45, 7) is 0.544. The maximum Gasteiger partial charge on any atom is 0.207 e. The maximum absolute atomic E-state index is 10.2. The van der Waals surface area contributed by atoms with Crippen LogP contribution in [0.3, 0.4) is 0 Å². The Labute approximate surface area is 92.6 Å². The lowest BCUT2D eigenvalue weighted by molar-refractivity contribution is -0.109. The summed E-state index contributed by atoms with van der Waals surface area (Å²) in [5.41, 5.74) is 2.14. The van der Waals surface area contributed by atoms with E-state index in [1.165, 1.54) is 0 Å². The summed E-state index contributed by atoms with van der Waals surface area (Å²) in [4.78, 5) is 10.2.